The zero-order valence-electron chi connectivity index (χ0n) is 20.6. The van der Waals surface area contributed by atoms with Gasteiger partial charge in [-0.25, -0.2) is 4.68 Å². The van der Waals surface area contributed by atoms with Crippen molar-refractivity contribution in [2.75, 3.05) is 18.4 Å². The van der Waals surface area contributed by atoms with Crippen molar-refractivity contribution < 1.29 is 9.59 Å². The number of amides is 2. The van der Waals surface area contributed by atoms with E-state index in [9.17, 15) is 9.59 Å². The Morgan fingerprint density at radius 3 is 2.20 bits per heavy atom. The molecule has 0 radical (unpaired) electrons. The second-order valence-electron chi connectivity index (χ2n) is 8.61. The third kappa shape index (κ3) is 5.17. The number of benzene rings is 3. The van der Waals surface area contributed by atoms with Gasteiger partial charge in [-0.2, -0.15) is 5.10 Å². The molecule has 4 rings (SSSR count). The summed E-state index contributed by atoms with van der Waals surface area (Å²) in [6, 6.07) is 25.2. The molecule has 6 heteroatoms. The normalized spacial score (nSPS) is 10.7. The van der Waals surface area contributed by atoms with Crippen molar-refractivity contribution in [1.82, 2.24) is 14.7 Å². The van der Waals surface area contributed by atoms with Gasteiger partial charge in [0.05, 0.1) is 11.4 Å². The molecule has 0 aliphatic rings. The zero-order chi connectivity index (χ0) is 24.9. The first-order chi connectivity index (χ1) is 16.9. The molecule has 3 aromatic carbocycles. The highest BCUT2D eigenvalue weighted by molar-refractivity contribution is 6.01. The maximum atomic E-state index is 13.3. The van der Waals surface area contributed by atoms with Crippen molar-refractivity contribution in [3.8, 4) is 16.8 Å². The van der Waals surface area contributed by atoms with Gasteiger partial charge in [-0.3, -0.25) is 9.59 Å². The van der Waals surface area contributed by atoms with E-state index in [1.165, 1.54) is 0 Å². The van der Waals surface area contributed by atoms with Gasteiger partial charge < -0.3 is 10.2 Å². The van der Waals surface area contributed by atoms with Crippen LogP contribution in [0, 0.1) is 20.8 Å². The smallest absolute Gasteiger partial charge is 0.254 e. The van der Waals surface area contributed by atoms with E-state index in [4.69, 9.17) is 5.10 Å². The van der Waals surface area contributed by atoms with Gasteiger partial charge in [0.2, 0.25) is 5.91 Å². The molecule has 0 aliphatic heterocycles. The fraction of sp³-hybridized carbons (Fsp3) is 0.207. The van der Waals surface area contributed by atoms with E-state index in [1.54, 1.807) is 21.7 Å². The SMILES string of the molecule is CCN(CC(=O)Nc1c(-c2ccccc2)c(C)nn1-c1ccccc1C)C(=O)c1ccc(C)cc1. The number of carbonyl (C=O) groups is 2. The van der Waals surface area contributed by atoms with Gasteiger partial charge in [-0.1, -0.05) is 66.2 Å². The molecule has 0 saturated carbocycles. The summed E-state index contributed by atoms with van der Waals surface area (Å²) in [7, 11) is 0. The third-order valence-electron chi connectivity index (χ3n) is 6.03. The number of aryl methyl sites for hydroxylation is 3. The van der Waals surface area contributed by atoms with Crippen molar-refractivity contribution in [2.24, 2.45) is 0 Å². The predicted octanol–water partition coefficient (Wildman–Crippen LogP) is 5.57. The molecule has 0 saturated heterocycles. The van der Waals surface area contributed by atoms with Crippen molar-refractivity contribution >= 4 is 17.6 Å². The second-order valence-corrected chi connectivity index (χ2v) is 8.61. The molecule has 1 N–H and O–H groups in total. The van der Waals surface area contributed by atoms with E-state index in [-0.39, 0.29) is 18.4 Å². The van der Waals surface area contributed by atoms with E-state index >= 15 is 0 Å². The lowest BCUT2D eigenvalue weighted by Gasteiger charge is -2.21. The standard InChI is InChI=1S/C29H30N4O2/c1-5-32(29(35)24-17-15-20(2)16-18-24)19-26(34)30-28-27(23-12-7-6-8-13-23)22(4)31-33(28)25-14-10-9-11-21(25)3/h6-18H,5,19H2,1-4H3,(H,30,34). The minimum absolute atomic E-state index is 0.0601. The zero-order valence-corrected chi connectivity index (χ0v) is 20.6. The van der Waals surface area contributed by atoms with Crippen LogP contribution in [0.3, 0.4) is 0 Å². The summed E-state index contributed by atoms with van der Waals surface area (Å²) in [4.78, 5) is 27.9. The van der Waals surface area contributed by atoms with Crippen molar-refractivity contribution in [1.29, 1.82) is 0 Å². The van der Waals surface area contributed by atoms with Gasteiger partial charge in [0.15, 0.2) is 0 Å². The number of rotatable bonds is 7. The molecule has 0 fully saturated rings. The highest BCUT2D eigenvalue weighted by Crippen LogP contribution is 2.34. The lowest BCUT2D eigenvalue weighted by atomic mass is 10.1. The molecule has 0 unspecified atom stereocenters. The summed E-state index contributed by atoms with van der Waals surface area (Å²) in [5.41, 5.74) is 6.19. The number of likely N-dealkylation sites (N-methyl/N-ethyl adjacent to an activating group) is 1. The molecule has 178 valence electrons. The average molecular weight is 467 g/mol. The molecule has 0 aliphatic carbocycles. The number of nitrogens with zero attached hydrogens (tertiary/aromatic N) is 3. The Labute approximate surface area is 206 Å². The van der Waals surface area contributed by atoms with Crippen LogP contribution in [-0.4, -0.2) is 39.6 Å². The molecule has 0 atom stereocenters. The molecular formula is C29H30N4O2. The highest BCUT2D eigenvalue weighted by atomic mass is 16.2. The van der Waals surface area contributed by atoms with Gasteiger partial charge >= 0.3 is 0 Å². The Kier molecular flexibility index (Phi) is 7.11. The Balaban J connectivity index is 1.68. The quantitative estimate of drug-likeness (QED) is 0.387. The Morgan fingerprint density at radius 2 is 1.54 bits per heavy atom. The van der Waals surface area contributed by atoms with Crippen molar-refractivity contribution in [2.45, 2.75) is 27.7 Å². The molecule has 1 aromatic heterocycles. The van der Waals surface area contributed by atoms with Gasteiger partial charge in [0.25, 0.3) is 5.91 Å². The monoisotopic (exact) mass is 466 g/mol. The highest BCUT2D eigenvalue weighted by Gasteiger charge is 2.23. The van der Waals surface area contributed by atoms with Crippen LogP contribution in [0.2, 0.25) is 0 Å². The van der Waals surface area contributed by atoms with Crippen LogP contribution in [0.5, 0.6) is 0 Å². The van der Waals surface area contributed by atoms with Crippen LogP contribution in [0.4, 0.5) is 5.82 Å². The molecular weight excluding hydrogens is 436 g/mol. The van der Waals surface area contributed by atoms with Crippen molar-refractivity contribution in [3.63, 3.8) is 0 Å². The predicted molar refractivity (Wildman–Crippen MR) is 140 cm³/mol. The van der Waals surface area contributed by atoms with Gasteiger partial charge in [-0.15, -0.1) is 0 Å². The van der Waals surface area contributed by atoms with E-state index < -0.39 is 0 Å². The molecule has 4 aromatic rings. The van der Waals surface area contributed by atoms with E-state index in [0.29, 0.717) is 17.9 Å². The first-order valence-electron chi connectivity index (χ1n) is 11.8. The number of nitrogens with one attached hydrogen (secondary N) is 1. The van der Waals surface area contributed by atoms with Crippen LogP contribution >= 0.6 is 0 Å². The minimum Gasteiger partial charge on any atom is -0.330 e. The van der Waals surface area contributed by atoms with Gasteiger partial charge in [-0.05, 0) is 57.0 Å². The van der Waals surface area contributed by atoms with E-state index in [0.717, 1.165) is 33.6 Å². The number of carbonyl (C=O) groups excluding carboxylic acids is 2. The summed E-state index contributed by atoms with van der Waals surface area (Å²) in [5, 5.41) is 7.85. The summed E-state index contributed by atoms with van der Waals surface area (Å²) in [6.45, 7) is 8.15. The average Bonchev–Trinajstić information content (AvgIpc) is 3.18. The third-order valence-corrected chi connectivity index (χ3v) is 6.03. The molecule has 0 bridgehead atoms. The molecule has 0 spiro atoms. The molecule has 1 heterocycles. The van der Waals surface area contributed by atoms with Gasteiger partial charge in [0.1, 0.15) is 12.4 Å². The maximum Gasteiger partial charge on any atom is 0.254 e. The number of hydrogen-bond acceptors (Lipinski definition) is 3. The number of aromatic nitrogens is 2. The van der Waals surface area contributed by atoms with Crippen LogP contribution in [-0.2, 0) is 4.79 Å². The van der Waals surface area contributed by atoms with Crippen LogP contribution in [0.25, 0.3) is 16.8 Å². The van der Waals surface area contributed by atoms with E-state index in [2.05, 4.69) is 5.32 Å². The Morgan fingerprint density at radius 1 is 0.886 bits per heavy atom. The topological polar surface area (TPSA) is 67.2 Å². The van der Waals surface area contributed by atoms with Crippen LogP contribution in [0.1, 0.15) is 34.1 Å². The van der Waals surface area contributed by atoms with E-state index in [1.807, 2.05) is 94.4 Å². The summed E-state index contributed by atoms with van der Waals surface area (Å²) in [6.07, 6.45) is 0. The lowest BCUT2D eigenvalue weighted by molar-refractivity contribution is -0.116. The Bertz CT molecular complexity index is 1340. The van der Waals surface area contributed by atoms with Crippen LogP contribution in [0.15, 0.2) is 78.9 Å². The number of hydrogen-bond donors (Lipinski definition) is 1. The maximum absolute atomic E-state index is 13.3. The summed E-state index contributed by atoms with van der Waals surface area (Å²) >= 11 is 0. The molecule has 35 heavy (non-hydrogen) atoms. The first kappa shape index (κ1) is 24.0. The fourth-order valence-electron chi connectivity index (χ4n) is 4.12. The molecule has 2 amide bonds. The second kappa shape index (κ2) is 10.4. The first-order valence-corrected chi connectivity index (χ1v) is 11.8. The molecule has 6 nitrogen and oxygen atoms in total. The Hall–Kier alpha value is -4.19. The number of para-hydroxylation sites is 1. The summed E-state index contributed by atoms with van der Waals surface area (Å²) < 4.78 is 1.78. The van der Waals surface area contributed by atoms with Crippen molar-refractivity contribution in [3.05, 3.63) is 101 Å². The van der Waals surface area contributed by atoms with Crippen LogP contribution < -0.4 is 5.32 Å². The number of anilines is 1. The van der Waals surface area contributed by atoms with Gasteiger partial charge in [0, 0.05) is 17.7 Å². The minimum atomic E-state index is -0.278. The summed E-state index contributed by atoms with van der Waals surface area (Å²) in [5.74, 6) is 0.139. The fourth-order valence-corrected chi connectivity index (χ4v) is 4.12. The largest absolute Gasteiger partial charge is 0.330 e. The lowest BCUT2D eigenvalue weighted by Crippen LogP contribution is -2.38.